The molecule has 2 heteroatoms. The molecule has 0 N–H and O–H groups in total. The van der Waals surface area contributed by atoms with Gasteiger partial charge in [-0.15, -0.1) is 0 Å². The first-order valence-electron chi connectivity index (χ1n) is 7.72. The number of hydrogen-bond acceptors (Lipinski definition) is 2. The average molecular weight is 256 g/mol. The monoisotopic (exact) mass is 256 g/mol. The normalized spacial score (nSPS) is 18.5. The molecular formula is C16H32O2. The fourth-order valence-corrected chi connectivity index (χ4v) is 2.87. The van der Waals surface area contributed by atoms with Crippen molar-refractivity contribution in [2.24, 2.45) is 11.3 Å². The average Bonchev–Trinajstić information content (AvgIpc) is 2.34. The van der Waals surface area contributed by atoms with Crippen LogP contribution in [0.2, 0.25) is 0 Å². The van der Waals surface area contributed by atoms with Gasteiger partial charge in [0.1, 0.15) is 0 Å². The van der Waals surface area contributed by atoms with Crippen LogP contribution in [0.25, 0.3) is 0 Å². The summed E-state index contributed by atoms with van der Waals surface area (Å²) in [5.74, 6) is 0.904. The fraction of sp³-hybridized carbons (Fsp3) is 1.00. The van der Waals surface area contributed by atoms with Crippen LogP contribution in [0.3, 0.4) is 0 Å². The summed E-state index contributed by atoms with van der Waals surface area (Å²) in [6, 6.07) is 0. The Morgan fingerprint density at radius 3 is 2.28 bits per heavy atom. The van der Waals surface area contributed by atoms with Gasteiger partial charge in [0.25, 0.3) is 0 Å². The molecule has 0 saturated heterocycles. The minimum absolute atomic E-state index is 0.312. The van der Waals surface area contributed by atoms with Crippen LogP contribution < -0.4 is 0 Å². The summed E-state index contributed by atoms with van der Waals surface area (Å²) in [5, 5.41) is 0. The molecule has 108 valence electrons. The largest absolute Gasteiger partial charge is 0.379 e. The molecule has 0 bridgehead atoms. The van der Waals surface area contributed by atoms with Gasteiger partial charge < -0.3 is 9.47 Å². The highest BCUT2D eigenvalue weighted by Crippen LogP contribution is 2.40. The highest BCUT2D eigenvalue weighted by molar-refractivity contribution is 4.80. The second kappa shape index (κ2) is 8.16. The van der Waals surface area contributed by atoms with Gasteiger partial charge >= 0.3 is 0 Å². The van der Waals surface area contributed by atoms with E-state index in [1.165, 1.54) is 38.5 Å². The lowest BCUT2D eigenvalue weighted by molar-refractivity contribution is 0.00645. The third kappa shape index (κ3) is 6.19. The van der Waals surface area contributed by atoms with Gasteiger partial charge in [0.15, 0.2) is 0 Å². The summed E-state index contributed by atoms with van der Waals surface area (Å²) in [6.07, 6.45) is 8.63. The predicted molar refractivity (Wildman–Crippen MR) is 76.9 cm³/mol. The zero-order chi connectivity index (χ0) is 13.4. The molecule has 1 aliphatic rings. The van der Waals surface area contributed by atoms with Crippen molar-refractivity contribution in [1.29, 1.82) is 0 Å². The number of ether oxygens (including phenoxy) is 2. The first-order valence-corrected chi connectivity index (χ1v) is 7.72. The molecule has 1 saturated carbocycles. The van der Waals surface area contributed by atoms with E-state index in [-0.39, 0.29) is 0 Å². The second-order valence-corrected chi connectivity index (χ2v) is 6.61. The van der Waals surface area contributed by atoms with Gasteiger partial charge in [0.2, 0.25) is 0 Å². The Balaban J connectivity index is 2.09. The van der Waals surface area contributed by atoms with E-state index in [4.69, 9.17) is 9.47 Å². The minimum Gasteiger partial charge on any atom is -0.379 e. The molecule has 0 spiro atoms. The molecule has 1 rings (SSSR count). The van der Waals surface area contributed by atoms with E-state index in [2.05, 4.69) is 27.7 Å². The Morgan fingerprint density at radius 1 is 1.00 bits per heavy atom. The van der Waals surface area contributed by atoms with Crippen LogP contribution >= 0.6 is 0 Å². The molecule has 0 unspecified atom stereocenters. The van der Waals surface area contributed by atoms with Crippen LogP contribution in [0.4, 0.5) is 0 Å². The van der Waals surface area contributed by atoms with Crippen molar-refractivity contribution >= 4 is 0 Å². The van der Waals surface area contributed by atoms with E-state index < -0.39 is 0 Å². The van der Waals surface area contributed by atoms with E-state index in [0.29, 0.717) is 11.5 Å². The summed E-state index contributed by atoms with van der Waals surface area (Å²) in [6.45, 7) is 11.3. The Hall–Kier alpha value is -0.0800. The Labute approximate surface area is 113 Å². The van der Waals surface area contributed by atoms with Gasteiger partial charge in [-0.2, -0.15) is 0 Å². The summed E-state index contributed by atoms with van der Waals surface area (Å²) in [7, 11) is 0. The molecule has 0 aromatic heterocycles. The third-order valence-corrected chi connectivity index (χ3v) is 4.28. The second-order valence-electron chi connectivity index (χ2n) is 6.61. The number of rotatable bonds is 8. The van der Waals surface area contributed by atoms with Crippen LogP contribution in [0.1, 0.15) is 66.2 Å². The molecule has 0 radical (unpaired) electrons. The quantitative estimate of drug-likeness (QED) is 0.598. The maximum Gasteiger partial charge on any atom is 0.0703 e. The zero-order valence-electron chi connectivity index (χ0n) is 12.8. The van der Waals surface area contributed by atoms with E-state index in [9.17, 15) is 0 Å². The van der Waals surface area contributed by atoms with Gasteiger partial charge in [-0.25, -0.2) is 0 Å². The lowest BCUT2D eigenvalue weighted by Gasteiger charge is -2.37. The molecule has 0 heterocycles. The lowest BCUT2D eigenvalue weighted by Crippen LogP contribution is -2.27. The van der Waals surface area contributed by atoms with Crippen LogP contribution in [0.5, 0.6) is 0 Å². The molecule has 0 aliphatic heterocycles. The van der Waals surface area contributed by atoms with Gasteiger partial charge in [-0.3, -0.25) is 0 Å². The molecule has 0 aromatic rings. The van der Waals surface area contributed by atoms with E-state index in [0.717, 1.165) is 25.7 Å². The van der Waals surface area contributed by atoms with Gasteiger partial charge in [-0.1, -0.05) is 33.1 Å². The molecule has 1 aliphatic carbocycles. The maximum absolute atomic E-state index is 5.69. The molecular weight excluding hydrogens is 224 g/mol. The van der Waals surface area contributed by atoms with Crippen molar-refractivity contribution in [1.82, 2.24) is 0 Å². The van der Waals surface area contributed by atoms with Crippen LogP contribution in [-0.4, -0.2) is 25.9 Å². The van der Waals surface area contributed by atoms with Crippen LogP contribution in [-0.2, 0) is 9.47 Å². The zero-order valence-corrected chi connectivity index (χ0v) is 12.8. The third-order valence-electron chi connectivity index (χ3n) is 4.28. The Bertz CT molecular complexity index is 205. The van der Waals surface area contributed by atoms with Gasteiger partial charge in [0, 0.05) is 6.61 Å². The first-order chi connectivity index (χ1) is 8.52. The van der Waals surface area contributed by atoms with E-state index >= 15 is 0 Å². The van der Waals surface area contributed by atoms with Crippen LogP contribution in [0.15, 0.2) is 0 Å². The highest BCUT2D eigenvalue weighted by atomic mass is 16.5. The number of hydrogen-bond donors (Lipinski definition) is 0. The Morgan fingerprint density at radius 2 is 1.67 bits per heavy atom. The minimum atomic E-state index is 0.312. The van der Waals surface area contributed by atoms with Crippen molar-refractivity contribution in [2.75, 3.05) is 19.8 Å². The standard InChI is InChI=1S/C16H32O2/c1-14(2)18-13-12-17-11-10-16(3,4)15-8-6-5-7-9-15/h14-15H,5-13H2,1-4H3. The maximum atomic E-state index is 5.69. The van der Waals surface area contributed by atoms with E-state index in [1.54, 1.807) is 0 Å². The molecule has 0 aromatic carbocycles. The van der Waals surface area contributed by atoms with Gasteiger partial charge in [0.05, 0.1) is 19.3 Å². The molecule has 0 amide bonds. The first kappa shape index (κ1) is 16.0. The van der Waals surface area contributed by atoms with Crippen molar-refractivity contribution in [2.45, 2.75) is 72.3 Å². The van der Waals surface area contributed by atoms with Crippen molar-refractivity contribution in [3.63, 3.8) is 0 Å². The van der Waals surface area contributed by atoms with Crippen molar-refractivity contribution < 1.29 is 9.47 Å². The molecule has 0 atom stereocenters. The Kier molecular flexibility index (Phi) is 7.25. The van der Waals surface area contributed by atoms with E-state index in [1.807, 2.05) is 0 Å². The SMILES string of the molecule is CC(C)OCCOCCC(C)(C)C1CCCCC1. The highest BCUT2D eigenvalue weighted by Gasteiger charge is 2.29. The topological polar surface area (TPSA) is 18.5 Å². The van der Waals surface area contributed by atoms with Crippen molar-refractivity contribution in [3.05, 3.63) is 0 Å². The van der Waals surface area contributed by atoms with Gasteiger partial charge in [-0.05, 0) is 44.4 Å². The summed E-state index contributed by atoms with van der Waals surface area (Å²) in [4.78, 5) is 0. The predicted octanol–water partition coefficient (Wildman–Crippen LogP) is 4.42. The summed E-state index contributed by atoms with van der Waals surface area (Å²) in [5.41, 5.74) is 0.444. The fourth-order valence-electron chi connectivity index (χ4n) is 2.87. The summed E-state index contributed by atoms with van der Waals surface area (Å²) < 4.78 is 11.2. The molecule has 2 nitrogen and oxygen atoms in total. The lowest BCUT2D eigenvalue weighted by atomic mass is 9.69. The van der Waals surface area contributed by atoms with Crippen molar-refractivity contribution in [3.8, 4) is 0 Å². The molecule has 1 fully saturated rings. The smallest absolute Gasteiger partial charge is 0.0703 e. The molecule has 18 heavy (non-hydrogen) atoms. The van der Waals surface area contributed by atoms with Crippen LogP contribution in [0, 0.1) is 11.3 Å². The summed E-state index contributed by atoms with van der Waals surface area (Å²) >= 11 is 0.